The Morgan fingerprint density at radius 1 is 1.18 bits per heavy atom. The maximum Gasteiger partial charge on any atom is 0.264 e. The number of phenolic OH excluding ortho intramolecular Hbond substituents is 1. The molecule has 0 aliphatic heterocycles. The van der Waals surface area contributed by atoms with Crippen LogP contribution in [0, 0.1) is 5.82 Å². The van der Waals surface area contributed by atoms with Crippen molar-refractivity contribution in [1.29, 1.82) is 0 Å². The zero-order valence-corrected chi connectivity index (χ0v) is 12.3. The molecule has 2 rings (SSSR count). The number of rotatable bonds is 4. The first-order valence-electron chi connectivity index (χ1n) is 6.17. The van der Waals surface area contributed by atoms with Gasteiger partial charge >= 0.3 is 0 Å². The van der Waals surface area contributed by atoms with Gasteiger partial charge in [0.2, 0.25) is 5.91 Å². The Hall–Kier alpha value is -2.61. The summed E-state index contributed by atoms with van der Waals surface area (Å²) in [6, 6.07) is 8.72. The van der Waals surface area contributed by atoms with Crippen LogP contribution in [0.15, 0.2) is 47.4 Å². The van der Waals surface area contributed by atoms with Crippen molar-refractivity contribution in [3.8, 4) is 5.75 Å². The minimum Gasteiger partial charge on any atom is -0.506 e. The lowest BCUT2D eigenvalue weighted by atomic mass is 10.2. The first-order chi connectivity index (χ1) is 10.3. The molecule has 0 heterocycles. The molecule has 22 heavy (non-hydrogen) atoms. The van der Waals surface area contributed by atoms with E-state index in [1.165, 1.54) is 31.2 Å². The van der Waals surface area contributed by atoms with Gasteiger partial charge in [0, 0.05) is 13.0 Å². The summed E-state index contributed by atoms with van der Waals surface area (Å²) in [6.45, 7) is 1.27. The highest BCUT2D eigenvalue weighted by Crippen LogP contribution is 2.28. The van der Waals surface area contributed by atoms with Crippen LogP contribution in [0.5, 0.6) is 5.75 Å². The molecule has 0 unspecified atom stereocenters. The van der Waals surface area contributed by atoms with Crippen LogP contribution in [0.2, 0.25) is 0 Å². The summed E-state index contributed by atoms with van der Waals surface area (Å²) in [7, 11) is -4.12. The molecule has 0 saturated carbocycles. The minimum atomic E-state index is -4.12. The second-order valence-corrected chi connectivity index (χ2v) is 6.10. The molecule has 0 bridgehead atoms. The Balaban J connectivity index is 2.29. The summed E-state index contributed by atoms with van der Waals surface area (Å²) in [5, 5.41) is 12.1. The van der Waals surface area contributed by atoms with E-state index in [2.05, 4.69) is 10.0 Å². The summed E-state index contributed by atoms with van der Waals surface area (Å²) < 4.78 is 39.9. The van der Waals surface area contributed by atoms with Gasteiger partial charge in [0.05, 0.1) is 11.4 Å². The van der Waals surface area contributed by atoms with Gasteiger partial charge in [0.15, 0.2) is 0 Å². The fourth-order valence-electron chi connectivity index (χ4n) is 1.76. The second-order valence-electron chi connectivity index (χ2n) is 4.45. The van der Waals surface area contributed by atoms with Crippen LogP contribution >= 0.6 is 0 Å². The number of halogens is 1. The molecule has 6 nitrogen and oxygen atoms in total. The summed E-state index contributed by atoms with van der Waals surface area (Å²) in [4.78, 5) is 10.4. The molecule has 1 amide bonds. The Labute approximate surface area is 126 Å². The fourth-order valence-corrected chi connectivity index (χ4v) is 2.89. The number of nitrogens with one attached hydrogen (secondary N) is 2. The van der Waals surface area contributed by atoms with Crippen LogP contribution in [-0.2, 0) is 14.8 Å². The smallest absolute Gasteiger partial charge is 0.264 e. The van der Waals surface area contributed by atoms with Crippen LogP contribution in [-0.4, -0.2) is 19.4 Å². The van der Waals surface area contributed by atoms with Crippen LogP contribution in [0.1, 0.15) is 6.92 Å². The van der Waals surface area contributed by atoms with Crippen molar-refractivity contribution in [2.24, 2.45) is 0 Å². The zero-order chi connectivity index (χ0) is 16.3. The molecule has 116 valence electrons. The third kappa shape index (κ3) is 3.53. The fraction of sp³-hybridized carbons (Fsp3) is 0.0714. The summed E-state index contributed by atoms with van der Waals surface area (Å²) in [6.07, 6.45) is 0. The van der Waals surface area contributed by atoms with Gasteiger partial charge in [-0.05, 0) is 24.3 Å². The molecule has 0 aromatic heterocycles. The molecule has 0 aliphatic rings. The quantitative estimate of drug-likeness (QED) is 0.752. The number of hydrogen-bond acceptors (Lipinski definition) is 4. The lowest BCUT2D eigenvalue weighted by Crippen LogP contribution is -2.14. The summed E-state index contributed by atoms with van der Waals surface area (Å²) in [5.41, 5.74) is 0.177. The first kappa shape index (κ1) is 15.8. The van der Waals surface area contributed by atoms with Crippen LogP contribution in [0.4, 0.5) is 15.8 Å². The Kier molecular flexibility index (Phi) is 4.32. The number of sulfonamides is 1. The highest BCUT2D eigenvalue weighted by Gasteiger charge is 2.19. The second kappa shape index (κ2) is 6.02. The molecule has 0 aliphatic carbocycles. The monoisotopic (exact) mass is 324 g/mol. The van der Waals surface area contributed by atoms with Crippen LogP contribution < -0.4 is 10.0 Å². The molecule has 0 spiro atoms. The van der Waals surface area contributed by atoms with Gasteiger partial charge < -0.3 is 10.4 Å². The van der Waals surface area contributed by atoms with E-state index in [9.17, 15) is 22.7 Å². The predicted octanol–water partition coefficient (Wildman–Crippen LogP) is 2.29. The van der Waals surface area contributed by atoms with E-state index in [1.54, 1.807) is 0 Å². The molecular weight excluding hydrogens is 311 g/mol. The van der Waals surface area contributed by atoms with Crippen molar-refractivity contribution in [1.82, 2.24) is 0 Å². The lowest BCUT2D eigenvalue weighted by molar-refractivity contribution is -0.114. The molecule has 0 atom stereocenters. The molecule has 3 N–H and O–H groups in total. The number of carbonyl (C=O) groups excluding carboxylic acids is 1. The Morgan fingerprint density at radius 2 is 1.86 bits per heavy atom. The summed E-state index contributed by atoms with van der Waals surface area (Å²) in [5.74, 6) is -1.58. The van der Waals surface area contributed by atoms with Crippen molar-refractivity contribution in [3.63, 3.8) is 0 Å². The number of carbonyl (C=O) groups is 1. The van der Waals surface area contributed by atoms with Gasteiger partial charge in [-0.3, -0.25) is 9.52 Å². The SMILES string of the molecule is CC(=O)Nc1ccc(NS(=O)(=O)c2ccccc2F)cc1O. The maximum atomic E-state index is 13.6. The van der Waals surface area contributed by atoms with E-state index >= 15 is 0 Å². The first-order valence-corrected chi connectivity index (χ1v) is 7.66. The number of hydrogen-bond donors (Lipinski definition) is 3. The van der Waals surface area contributed by atoms with Crippen molar-refractivity contribution in [2.45, 2.75) is 11.8 Å². The highest BCUT2D eigenvalue weighted by molar-refractivity contribution is 7.92. The van der Waals surface area contributed by atoms with Crippen LogP contribution in [0.3, 0.4) is 0 Å². The number of anilines is 2. The van der Waals surface area contributed by atoms with E-state index in [1.807, 2.05) is 0 Å². The maximum absolute atomic E-state index is 13.6. The average Bonchev–Trinajstić information content (AvgIpc) is 2.41. The van der Waals surface area contributed by atoms with E-state index in [-0.39, 0.29) is 23.0 Å². The highest BCUT2D eigenvalue weighted by atomic mass is 32.2. The standard InChI is InChI=1S/C14H13FN2O4S/c1-9(18)16-12-7-6-10(8-13(12)19)17-22(20,21)14-5-3-2-4-11(14)15/h2-8,17,19H,1H3,(H,16,18). The predicted molar refractivity (Wildman–Crippen MR) is 79.6 cm³/mol. The largest absolute Gasteiger partial charge is 0.506 e. The Morgan fingerprint density at radius 3 is 2.45 bits per heavy atom. The number of phenols is 1. The lowest BCUT2D eigenvalue weighted by Gasteiger charge is -2.11. The molecular formula is C14H13FN2O4S. The zero-order valence-electron chi connectivity index (χ0n) is 11.5. The van der Waals surface area contributed by atoms with Gasteiger partial charge in [0.1, 0.15) is 16.5 Å². The van der Waals surface area contributed by atoms with Crippen LogP contribution in [0.25, 0.3) is 0 Å². The molecule has 0 radical (unpaired) electrons. The van der Waals surface area contributed by atoms with E-state index < -0.39 is 20.7 Å². The van der Waals surface area contributed by atoms with Gasteiger partial charge in [0.25, 0.3) is 10.0 Å². The van der Waals surface area contributed by atoms with Gasteiger partial charge in [-0.2, -0.15) is 0 Å². The average molecular weight is 324 g/mol. The van der Waals surface area contributed by atoms with E-state index in [4.69, 9.17) is 0 Å². The van der Waals surface area contributed by atoms with Gasteiger partial charge in [-0.25, -0.2) is 12.8 Å². The van der Waals surface area contributed by atoms with Crippen molar-refractivity contribution >= 4 is 27.3 Å². The normalized spacial score (nSPS) is 11.0. The third-order valence-corrected chi connectivity index (χ3v) is 4.10. The van der Waals surface area contributed by atoms with E-state index in [0.717, 1.165) is 18.2 Å². The topological polar surface area (TPSA) is 95.5 Å². The number of benzene rings is 2. The molecule has 0 saturated heterocycles. The Bertz CT molecular complexity index is 821. The molecule has 2 aromatic rings. The third-order valence-electron chi connectivity index (χ3n) is 2.69. The van der Waals surface area contributed by atoms with Crippen molar-refractivity contribution in [2.75, 3.05) is 10.0 Å². The number of amides is 1. The van der Waals surface area contributed by atoms with Crippen molar-refractivity contribution < 1.29 is 22.7 Å². The molecule has 0 fully saturated rings. The summed E-state index contributed by atoms with van der Waals surface area (Å²) >= 11 is 0. The van der Waals surface area contributed by atoms with Gasteiger partial charge in [-0.1, -0.05) is 12.1 Å². The molecule has 2 aromatic carbocycles. The van der Waals surface area contributed by atoms with Gasteiger partial charge in [-0.15, -0.1) is 0 Å². The number of aromatic hydroxyl groups is 1. The molecule has 8 heteroatoms. The van der Waals surface area contributed by atoms with E-state index in [0.29, 0.717) is 0 Å². The van der Waals surface area contributed by atoms with Crippen molar-refractivity contribution in [3.05, 3.63) is 48.3 Å². The minimum absolute atomic E-state index is 0.0369.